The zero-order valence-corrected chi connectivity index (χ0v) is 14.6. The number of ether oxygens (including phenoxy) is 1. The Labute approximate surface area is 152 Å². The lowest BCUT2D eigenvalue weighted by Crippen LogP contribution is -2.36. The molecule has 0 bridgehead atoms. The largest absolute Gasteiger partial charge is 0.489 e. The molecule has 2 rings (SSSR count). The predicted octanol–water partition coefficient (Wildman–Crippen LogP) is 3.02. The Morgan fingerprint density at radius 2 is 1.88 bits per heavy atom. The molecule has 136 valence electrons. The van der Waals surface area contributed by atoms with E-state index >= 15 is 0 Å². The molecule has 0 aliphatic rings. The van der Waals surface area contributed by atoms with E-state index in [1.54, 1.807) is 25.3 Å². The van der Waals surface area contributed by atoms with Crippen molar-refractivity contribution in [1.29, 1.82) is 0 Å². The molecule has 7 nitrogen and oxygen atoms in total. The van der Waals surface area contributed by atoms with Crippen molar-refractivity contribution < 1.29 is 9.66 Å². The van der Waals surface area contributed by atoms with Crippen LogP contribution in [0, 0.1) is 10.1 Å². The van der Waals surface area contributed by atoms with Crippen LogP contribution in [0.4, 0.5) is 5.69 Å². The molecule has 0 spiro atoms. The molecule has 2 N–H and O–H groups in total. The topological polar surface area (TPSA) is 88.8 Å². The van der Waals surface area contributed by atoms with Gasteiger partial charge in [0.15, 0.2) is 5.96 Å². The van der Waals surface area contributed by atoms with Crippen molar-refractivity contribution in [1.82, 2.24) is 10.6 Å². The van der Waals surface area contributed by atoms with Gasteiger partial charge in [0.25, 0.3) is 5.69 Å². The summed E-state index contributed by atoms with van der Waals surface area (Å²) >= 11 is 0. The Bertz CT molecular complexity index is 773. The highest BCUT2D eigenvalue weighted by Gasteiger charge is 2.06. The summed E-state index contributed by atoms with van der Waals surface area (Å²) in [6.45, 7) is 5.16. The van der Waals surface area contributed by atoms with Crippen LogP contribution in [-0.2, 0) is 13.1 Å². The molecule has 0 atom stereocenters. The lowest BCUT2D eigenvalue weighted by atomic mass is 10.2. The quantitative estimate of drug-likeness (QED) is 0.250. The number of aliphatic imine (C=N–C) groups is 1. The molecule has 0 saturated carbocycles. The highest BCUT2D eigenvalue weighted by Crippen LogP contribution is 2.17. The first-order valence-corrected chi connectivity index (χ1v) is 8.13. The second-order valence-corrected chi connectivity index (χ2v) is 5.41. The van der Waals surface area contributed by atoms with Gasteiger partial charge in [-0.1, -0.05) is 43.0 Å². The Morgan fingerprint density at radius 3 is 2.54 bits per heavy atom. The normalized spacial score (nSPS) is 10.9. The Morgan fingerprint density at radius 1 is 1.19 bits per heavy atom. The minimum absolute atomic E-state index is 0.0763. The van der Waals surface area contributed by atoms with Gasteiger partial charge in [-0.3, -0.25) is 15.1 Å². The lowest BCUT2D eigenvalue weighted by Gasteiger charge is -2.14. The predicted molar refractivity (Wildman–Crippen MR) is 102 cm³/mol. The van der Waals surface area contributed by atoms with Gasteiger partial charge < -0.3 is 15.4 Å². The molecule has 0 saturated heterocycles. The smallest absolute Gasteiger partial charge is 0.269 e. The number of nitro benzene ring substituents is 1. The molecule has 0 aromatic heterocycles. The van der Waals surface area contributed by atoms with Gasteiger partial charge in [0.2, 0.25) is 0 Å². The number of hydrogen-bond acceptors (Lipinski definition) is 4. The number of para-hydroxylation sites is 1. The van der Waals surface area contributed by atoms with E-state index in [0.29, 0.717) is 25.7 Å². The summed E-state index contributed by atoms with van der Waals surface area (Å²) in [6.07, 6.45) is 1.70. The maximum Gasteiger partial charge on any atom is 0.269 e. The number of non-ortho nitro benzene ring substituents is 1. The van der Waals surface area contributed by atoms with Crippen LogP contribution in [0.1, 0.15) is 11.1 Å². The van der Waals surface area contributed by atoms with Gasteiger partial charge in [-0.2, -0.15) is 0 Å². The van der Waals surface area contributed by atoms with Crippen LogP contribution in [0.3, 0.4) is 0 Å². The first-order valence-electron chi connectivity index (χ1n) is 8.13. The van der Waals surface area contributed by atoms with Gasteiger partial charge in [0.1, 0.15) is 12.4 Å². The second kappa shape index (κ2) is 9.83. The Balaban J connectivity index is 1.90. The van der Waals surface area contributed by atoms with Crippen molar-refractivity contribution in [3.8, 4) is 5.75 Å². The Hall–Kier alpha value is -3.35. The second-order valence-electron chi connectivity index (χ2n) is 5.41. The molecule has 0 amide bonds. The van der Waals surface area contributed by atoms with E-state index in [1.165, 1.54) is 12.1 Å². The maximum absolute atomic E-state index is 10.7. The van der Waals surface area contributed by atoms with Crippen molar-refractivity contribution in [2.45, 2.75) is 13.1 Å². The van der Waals surface area contributed by atoms with Gasteiger partial charge >= 0.3 is 0 Å². The third-order valence-corrected chi connectivity index (χ3v) is 3.61. The van der Waals surface area contributed by atoms with Gasteiger partial charge in [0.05, 0.1) is 4.92 Å². The summed E-state index contributed by atoms with van der Waals surface area (Å²) in [6, 6.07) is 14.2. The third kappa shape index (κ3) is 5.62. The number of nitro groups is 1. The number of guanidine groups is 1. The lowest BCUT2D eigenvalue weighted by molar-refractivity contribution is -0.384. The minimum Gasteiger partial charge on any atom is -0.489 e. The summed E-state index contributed by atoms with van der Waals surface area (Å²) in [5.41, 5.74) is 2.01. The molecular weight excluding hydrogens is 332 g/mol. The molecule has 2 aromatic carbocycles. The SMILES string of the molecule is C=CCOc1ccccc1CNC(=NC)NCc1ccc([N+](=O)[O-])cc1. The summed E-state index contributed by atoms with van der Waals surface area (Å²) < 4.78 is 5.64. The van der Waals surface area contributed by atoms with Crippen LogP contribution in [0.15, 0.2) is 66.2 Å². The van der Waals surface area contributed by atoms with E-state index < -0.39 is 4.92 Å². The first kappa shape index (κ1) is 19.0. The van der Waals surface area contributed by atoms with Crippen LogP contribution in [0.25, 0.3) is 0 Å². The van der Waals surface area contributed by atoms with Crippen molar-refractivity contribution >= 4 is 11.6 Å². The first-order chi connectivity index (χ1) is 12.6. The van der Waals surface area contributed by atoms with Crippen LogP contribution < -0.4 is 15.4 Å². The number of benzene rings is 2. The van der Waals surface area contributed by atoms with Crippen molar-refractivity contribution in [3.05, 3.63) is 82.4 Å². The van der Waals surface area contributed by atoms with Gasteiger partial charge in [-0.05, 0) is 11.6 Å². The van der Waals surface area contributed by atoms with Crippen LogP contribution in [0.2, 0.25) is 0 Å². The van der Waals surface area contributed by atoms with Crippen molar-refractivity contribution in [2.75, 3.05) is 13.7 Å². The molecule has 0 aliphatic carbocycles. The van der Waals surface area contributed by atoms with E-state index in [2.05, 4.69) is 22.2 Å². The molecule has 2 aromatic rings. The molecule has 0 radical (unpaired) electrons. The summed E-state index contributed by atoms with van der Waals surface area (Å²) in [5.74, 6) is 1.42. The number of nitrogens with zero attached hydrogens (tertiary/aromatic N) is 2. The van der Waals surface area contributed by atoms with E-state index in [9.17, 15) is 10.1 Å². The molecule has 0 heterocycles. The molecular formula is C19H22N4O3. The molecule has 0 fully saturated rings. The fraction of sp³-hybridized carbons (Fsp3) is 0.211. The number of rotatable bonds is 8. The van der Waals surface area contributed by atoms with Gasteiger partial charge in [-0.15, -0.1) is 0 Å². The number of hydrogen-bond donors (Lipinski definition) is 2. The van der Waals surface area contributed by atoms with Crippen molar-refractivity contribution in [2.24, 2.45) is 4.99 Å². The maximum atomic E-state index is 10.7. The van der Waals surface area contributed by atoms with E-state index in [0.717, 1.165) is 16.9 Å². The highest BCUT2D eigenvalue weighted by atomic mass is 16.6. The van der Waals surface area contributed by atoms with Gasteiger partial charge in [-0.25, -0.2) is 0 Å². The summed E-state index contributed by atoms with van der Waals surface area (Å²) in [4.78, 5) is 14.5. The summed E-state index contributed by atoms with van der Waals surface area (Å²) in [5, 5.41) is 17.1. The molecule has 7 heteroatoms. The fourth-order valence-corrected chi connectivity index (χ4v) is 2.26. The van der Waals surface area contributed by atoms with Crippen molar-refractivity contribution in [3.63, 3.8) is 0 Å². The van der Waals surface area contributed by atoms with E-state index in [-0.39, 0.29) is 5.69 Å². The molecule has 0 unspecified atom stereocenters. The average molecular weight is 354 g/mol. The number of nitrogens with one attached hydrogen (secondary N) is 2. The zero-order chi connectivity index (χ0) is 18.8. The minimum atomic E-state index is -0.413. The molecule has 26 heavy (non-hydrogen) atoms. The zero-order valence-electron chi connectivity index (χ0n) is 14.6. The monoisotopic (exact) mass is 354 g/mol. The standard InChI is InChI=1S/C19H22N4O3/c1-3-12-26-18-7-5-4-6-16(18)14-22-19(20-2)21-13-15-8-10-17(11-9-15)23(24)25/h3-11H,1,12-14H2,2H3,(H2,20,21,22). The van der Waals surface area contributed by atoms with E-state index in [4.69, 9.17) is 4.74 Å². The van der Waals surface area contributed by atoms with Gasteiger partial charge in [0, 0.05) is 37.8 Å². The third-order valence-electron chi connectivity index (χ3n) is 3.61. The van der Waals surface area contributed by atoms with E-state index in [1.807, 2.05) is 24.3 Å². The van der Waals surface area contributed by atoms with Crippen LogP contribution in [-0.4, -0.2) is 24.5 Å². The fourth-order valence-electron chi connectivity index (χ4n) is 2.26. The summed E-state index contributed by atoms with van der Waals surface area (Å²) in [7, 11) is 1.69. The molecule has 0 aliphatic heterocycles. The average Bonchev–Trinajstić information content (AvgIpc) is 2.67. The van der Waals surface area contributed by atoms with Crippen LogP contribution >= 0.6 is 0 Å². The van der Waals surface area contributed by atoms with Crippen LogP contribution in [0.5, 0.6) is 5.75 Å². The highest BCUT2D eigenvalue weighted by molar-refractivity contribution is 5.79. The Kier molecular flexibility index (Phi) is 7.17.